The summed E-state index contributed by atoms with van der Waals surface area (Å²) in [5, 5.41) is 13.2. The quantitative estimate of drug-likeness (QED) is 0.706. The molecule has 0 bridgehead atoms. The molecule has 0 unspecified atom stereocenters. The summed E-state index contributed by atoms with van der Waals surface area (Å²) < 4.78 is 7.04. The van der Waals surface area contributed by atoms with Gasteiger partial charge in [0, 0.05) is 45.4 Å². The number of hydrogen-bond donors (Lipinski definition) is 0. The van der Waals surface area contributed by atoms with Gasteiger partial charge in [-0.05, 0) is 19.9 Å². The lowest BCUT2D eigenvalue weighted by atomic mass is 10.3. The lowest BCUT2D eigenvalue weighted by Gasteiger charge is -2.19. The molecular formula is C13H22N4O. The van der Waals surface area contributed by atoms with Gasteiger partial charge in [-0.2, -0.15) is 10.4 Å². The number of rotatable bonds is 8. The highest BCUT2D eigenvalue weighted by Crippen LogP contribution is 2.07. The van der Waals surface area contributed by atoms with Crippen LogP contribution in [0.15, 0.2) is 12.3 Å². The molecule has 0 fully saturated rings. The summed E-state index contributed by atoms with van der Waals surface area (Å²) in [5.41, 5.74) is 1.04. The largest absolute Gasteiger partial charge is 0.383 e. The number of hydrogen-bond acceptors (Lipinski definition) is 4. The highest BCUT2D eigenvalue weighted by Gasteiger charge is 2.08. The van der Waals surface area contributed by atoms with E-state index in [1.807, 2.05) is 16.9 Å². The topological polar surface area (TPSA) is 54.1 Å². The van der Waals surface area contributed by atoms with Crippen LogP contribution in [0.3, 0.4) is 0 Å². The minimum atomic E-state index is 0.380. The van der Waals surface area contributed by atoms with Crippen molar-refractivity contribution < 1.29 is 4.74 Å². The van der Waals surface area contributed by atoms with Gasteiger partial charge in [0.2, 0.25) is 0 Å². The maximum absolute atomic E-state index is 8.66. The zero-order valence-corrected chi connectivity index (χ0v) is 11.5. The molecule has 0 aromatic carbocycles. The molecule has 0 saturated carbocycles. The van der Waals surface area contributed by atoms with E-state index in [1.165, 1.54) is 0 Å². The van der Waals surface area contributed by atoms with Crippen LogP contribution < -0.4 is 0 Å². The van der Waals surface area contributed by atoms with Gasteiger partial charge in [-0.3, -0.25) is 9.58 Å². The van der Waals surface area contributed by atoms with Crippen molar-refractivity contribution in [3.05, 3.63) is 18.0 Å². The lowest BCUT2D eigenvalue weighted by Crippen LogP contribution is -2.28. The van der Waals surface area contributed by atoms with Crippen molar-refractivity contribution in [2.24, 2.45) is 0 Å². The third-order valence-electron chi connectivity index (χ3n) is 2.73. The van der Waals surface area contributed by atoms with E-state index in [-0.39, 0.29) is 0 Å². The first-order chi connectivity index (χ1) is 8.67. The first kappa shape index (κ1) is 14.7. The fraction of sp³-hybridized carbons (Fsp3) is 0.692. The summed E-state index contributed by atoms with van der Waals surface area (Å²) in [4.78, 5) is 2.19. The lowest BCUT2D eigenvalue weighted by molar-refractivity contribution is 0.144. The zero-order valence-electron chi connectivity index (χ0n) is 11.5. The standard InChI is InChI=1S/C13H22N4O/c1-12(2)17-8-5-13(15-17)11-16(7-4-6-14)9-10-18-3/h5,8,12H,4,7,9-11H2,1-3H3. The number of nitriles is 1. The Balaban J connectivity index is 2.54. The SMILES string of the molecule is COCCN(CCC#N)Cc1ccn(C(C)C)n1. The highest BCUT2D eigenvalue weighted by molar-refractivity contribution is 4.99. The van der Waals surface area contributed by atoms with Crippen molar-refractivity contribution in [3.63, 3.8) is 0 Å². The van der Waals surface area contributed by atoms with Gasteiger partial charge in [0.1, 0.15) is 0 Å². The molecule has 0 saturated heterocycles. The average Bonchev–Trinajstić information content (AvgIpc) is 2.81. The first-order valence-corrected chi connectivity index (χ1v) is 6.29. The second-order valence-electron chi connectivity index (χ2n) is 4.56. The summed E-state index contributed by atoms with van der Waals surface area (Å²) in [6.07, 6.45) is 2.54. The Bertz CT molecular complexity index is 381. The third-order valence-corrected chi connectivity index (χ3v) is 2.73. The van der Waals surface area contributed by atoms with Crippen molar-refractivity contribution in [2.75, 3.05) is 26.8 Å². The number of nitrogens with zero attached hydrogens (tertiary/aromatic N) is 4. The Labute approximate surface area is 109 Å². The minimum absolute atomic E-state index is 0.380. The molecule has 18 heavy (non-hydrogen) atoms. The van der Waals surface area contributed by atoms with Gasteiger partial charge in [0.25, 0.3) is 0 Å². The molecule has 0 aliphatic rings. The Morgan fingerprint density at radius 3 is 2.83 bits per heavy atom. The molecule has 1 aromatic rings. The molecule has 0 aliphatic heterocycles. The molecule has 5 heteroatoms. The van der Waals surface area contributed by atoms with Crippen LogP contribution in [0, 0.1) is 11.3 Å². The molecule has 0 spiro atoms. The summed E-state index contributed by atoms with van der Waals surface area (Å²) in [5.74, 6) is 0. The second kappa shape index (κ2) is 7.85. The van der Waals surface area contributed by atoms with Crippen molar-refractivity contribution in [1.29, 1.82) is 5.26 Å². The van der Waals surface area contributed by atoms with Crippen LogP contribution in [0.5, 0.6) is 0 Å². The van der Waals surface area contributed by atoms with E-state index in [0.29, 0.717) is 19.1 Å². The Hall–Kier alpha value is -1.38. The second-order valence-corrected chi connectivity index (χ2v) is 4.56. The molecule has 0 amide bonds. The predicted molar refractivity (Wildman–Crippen MR) is 70.0 cm³/mol. The fourth-order valence-corrected chi connectivity index (χ4v) is 1.68. The van der Waals surface area contributed by atoms with E-state index >= 15 is 0 Å². The smallest absolute Gasteiger partial charge is 0.0764 e. The summed E-state index contributed by atoms with van der Waals surface area (Å²) in [6.45, 7) is 7.24. The fourth-order valence-electron chi connectivity index (χ4n) is 1.68. The molecule has 100 valence electrons. The Morgan fingerprint density at radius 1 is 1.50 bits per heavy atom. The van der Waals surface area contributed by atoms with E-state index in [2.05, 4.69) is 29.9 Å². The van der Waals surface area contributed by atoms with Gasteiger partial charge >= 0.3 is 0 Å². The zero-order chi connectivity index (χ0) is 13.4. The minimum Gasteiger partial charge on any atom is -0.383 e. The third kappa shape index (κ3) is 4.86. The van der Waals surface area contributed by atoms with Crippen LogP contribution in [-0.2, 0) is 11.3 Å². The maximum atomic E-state index is 8.66. The number of ether oxygens (including phenoxy) is 1. The predicted octanol–water partition coefficient (Wildman–Crippen LogP) is 1.83. The van der Waals surface area contributed by atoms with Gasteiger partial charge in [-0.15, -0.1) is 0 Å². The number of aromatic nitrogens is 2. The average molecular weight is 250 g/mol. The molecule has 1 heterocycles. The van der Waals surface area contributed by atoms with Gasteiger partial charge in [0.15, 0.2) is 0 Å². The van der Waals surface area contributed by atoms with Crippen LogP contribution >= 0.6 is 0 Å². The van der Waals surface area contributed by atoms with Gasteiger partial charge in [0.05, 0.1) is 18.4 Å². The molecule has 0 N–H and O–H groups in total. The van der Waals surface area contributed by atoms with Crippen LogP contribution in [0.25, 0.3) is 0 Å². The molecular weight excluding hydrogens is 228 g/mol. The first-order valence-electron chi connectivity index (χ1n) is 6.29. The van der Waals surface area contributed by atoms with Crippen molar-refractivity contribution >= 4 is 0 Å². The monoisotopic (exact) mass is 250 g/mol. The van der Waals surface area contributed by atoms with Crippen LogP contribution in [0.2, 0.25) is 0 Å². The van der Waals surface area contributed by atoms with Gasteiger partial charge < -0.3 is 4.74 Å². The Morgan fingerprint density at radius 2 is 2.28 bits per heavy atom. The van der Waals surface area contributed by atoms with Crippen molar-refractivity contribution in [1.82, 2.24) is 14.7 Å². The van der Waals surface area contributed by atoms with Crippen LogP contribution in [0.1, 0.15) is 32.0 Å². The highest BCUT2D eigenvalue weighted by atomic mass is 16.5. The molecule has 5 nitrogen and oxygen atoms in total. The normalized spacial score (nSPS) is 11.1. The Kier molecular flexibility index (Phi) is 6.40. The molecule has 1 aromatic heterocycles. The maximum Gasteiger partial charge on any atom is 0.0764 e. The molecule has 1 rings (SSSR count). The van der Waals surface area contributed by atoms with E-state index in [0.717, 1.165) is 25.3 Å². The van der Waals surface area contributed by atoms with Crippen molar-refractivity contribution in [3.8, 4) is 6.07 Å². The molecule has 0 radical (unpaired) electrons. The molecule has 0 atom stereocenters. The summed E-state index contributed by atoms with van der Waals surface area (Å²) >= 11 is 0. The number of methoxy groups -OCH3 is 1. The van der Waals surface area contributed by atoms with E-state index in [9.17, 15) is 0 Å². The summed E-state index contributed by atoms with van der Waals surface area (Å²) in [6, 6.07) is 4.59. The van der Waals surface area contributed by atoms with Gasteiger partial charge in [-0.1, -0.05) is 0 Å². The molecule has 0 aliphatic carbocycles. The van der Waals surface area contributed by atoms with Crippen LogP contribution in [0.4, 0.5) is 0 Å². The summed E-state index contributed by atoms with van der Waals surface area (Å²) in [7, 11) is 1.69. The van der Waals surface area contributed by atoms with E-state index in [4.69, 9.17) is 10.00 Å². The van der Waals surface area contributed by atoms with Crippen molar-refractivity contribution in [2.45, 2.75) is 32.9 Å². The van der Waals surface area contributed by atoms with E-state index < -0.39 is 0 Å². The van der Waals surface area contributed by atoms with E-state index in [1.54, 1.807) is 7.11 Å². The van der Waals surface area contributed by atoms with Crippen LogP contribution in [-0.4, -0.2) is 41.5 Å². The van der Waals surface area contributed by atoms with Gasteiger partial charge in [-0.25, -0.2) is 0 Å².